The fraction of sp³-hybridized carbons (Fsp3) is 0.500. The second-order valence-corrected chi connectivity index (χ2v) is 4.74. The molecule has 0 saturated carbocycles. The summed E-state index contributed by atoms with van der Waals surface area (Å²) in [5.41, 5.74) is 0.145. The summed E-state index contributed by atoms with van der Waals surface area (Å²) >= 11 is 0. The van der Waals surface area contributed by atoms with E-state index in [0.717, 1.165) is 19.5 Å². The average Bonchev–Trinajstić information content (AvgIpc) is 2.43. The molecule has 5 heteroatoms. The zero-order valence-electron chi connectivity index (χ0n) is 10.8. The number of anilines is 1. The van der Waals surface area contributed by atoms with Crippen molar-refractivity contribution in [1.29, 1.82) is 0 Å². The van der Waals surface area contributed by atoms with E-state index in [4.69, 9.17) is 4.74 Å². The van der Waals surface area contributed by atoms with Crippen LogP contribution in [-0.4, -0.2) is 25.8 Å². The highest BCUT2D eigenvalue weighted by Gasteiger charge is 2.13. The van der Waals surface area contributed by atoms with Crippen molar-refractivity contribution in [3.63, 3.8) is 0 Å². The molecule has 1 aromatic carbocycles. The molecule has 4 nitrogen and oxygen atoms in total. The van der Waals surface area contributed by atoms with Gasteiger partial charge in [-0.25, -0.2) is 9.18 Å². The summed E-state index contributed by atoms with van der Waals surface area (Å²) in [4.78, 5) is 11.5. The number of amides is 1. The summed E-state index contributed by atoms with van der Waals surface area (Å²) in [7, 11) is 0. The van der Waals surface area contributed by atoms with Crippen LogP contribution in [0.5, 0.6) is 0 Å². The molecule has 2 rings (SSSR count). The molecule has 1 aromatic rings. The number of para-hydroxylation sites is 1. The normalized spacial score (nSPS) is 18.9. The van der Waals surface area contributed by atoms with Gasteiger partial charge in [-0.15, -0.1) is 0 Å². The summed E-state index contributed by atoms with van der Waals surface area (Å²) in [5, 5.41) is 5.71. The lowest BCUT2D eigenvalue weighted by Gasteiger charge is -2.22. The Kier molecular flexibility index (Phi) is 5.15. The van der Waals surface area contributed by atoms with Crippen molar-refractivity contribution in [3.05, 3.63) is 30.1 Å². The van der Waals surface area contributed by atoms with E-state index in [9.17, 15) is 9.18 Å². The standard InChI is InChI=1S/C14H19FN2O2/c15-12-5-1-2-6-13(12)17-14(18)19-9-7-11-4-3-8-16-10-11/h1-2,5-6,11,16H,3-4,7-10H2,(H,17,18). The van der Waals surface area contributed by atoms with Crippen molar-refractivity contribution >= 4 is 11.8 Å². The molecule has 19 heavy (non-hydrogen) atoms. The Labute approximate surface area is 112 Å². The maximum atomic E-state index is 13.3. The van der Waals surface area contributed by atoms with E-state index >= 15 is 0 Å². The van der Waals surface area contributed by atoms with Crippen LogP contribution in [0.3, 0.4) is 0 Å². The van der Waals surface area contributed by atoms with Crippen molar-refractivity contribution in [1.82, 2.24) is 5.32 Å². The van der Waals surface area contributed by atoms with E-state index in [2.05, 4.69) is 10.6 Å². The number of benzene rings is 1. The van der Waals surface area contributed by atoms with Crippen LogP contribution in [0.4, 0.5) is 14.9 Å². The summed E-state index contributed by atoms with van der Waals surface area (Å²) in [6, 6.07) is 6.03. The quantitative estimate of drug-likeness (QED) is 0.881. The molecule has 1 aliphatic heterocycles. The lowest BCUT2D eigenvalue weighted by Crippen LogP contribution is -2.30. The third-order valence-corrected chi connectivity index (χ3v) is 3.27. The van der Waals surface area contributed by atoms with Gasteiger partial charge < -0.3 is 10.1 Å². The Bertz CT molecular complexity index is 420. The van der Waals surface area contributed by atoms with E-state index in [-0.39, 0.29) is 5.69 Å². The van der Waals surface area contributed by atoms with Gasteiger partial charge in [-0.2, -0.15) is 0 Å². The van der Waals surface area contributed by atoms with E-state index in [1.807, 2.05) is 0 Å². The first-order valence-electron chi connectivity index (χ1n) is 6.65. The first-order chi connectivity index (χ1) is 9.25. The second-order valence-electron chi connectivity index (χ2n) is 4.74. The minimum atomic E-state index is -0.603. The molecule has 1 saturated heterocycles. The van der Waals surface area contributed by atoms with Crippen LogP contribution in [0.1, 0.15) is 19.3 Å². The number of halogens is 1. The Morgan fingerprint density at radius 1 is 1.47 bits per heavy atom. The fourth-order valence-corrected chi connectivity index (χ4v) is 2.20. The molecular formula is C14H19FN2O2. The molecule has 1 fully saturated rings. The lowest BCUT2D eigenvalue weighted by atomic mass is 9.97. The second kappa shape index (κ2) is 7.09. The van der Waals surface area contributed by atoms with Gasteiger partial charge in [0.2, 0.25) is 0 Å². The van der Waals surface area contributed by atoms with Crippen LogP contribution in [0.25, 0.3) is 0 Å². The van der Waals surface area contributed by atoms with Gasteiger partial charge in [-0.3, -0.25) is 5.32 Å². The summed E-state index contributed by atoms with van der Waals surface area (Å²) in [6.45, 7) is 2.43. The molecule has 1 unspecified atom stereocenters. The highest BCUT2D eigenvalue weighted by molar-refractivity contribution is 5.84. The molecule has 1 heterocycles. The summed E-state index contributed by atoms with van der Waals surface area (Å²) < 4.78 is 18.3. The van der Waals surface area contributed by atoms with Gasteiger partial charge in [0.25, 0.3) is 0 Å². The Morgan fingerprint density at radius 2 is 2.32 bits per heavy atom. The Balaban J connectivity index is 1.68. The van der Waals surface area contributed by atoms with Crippen LogP contribution >= 0.6 is 0 Å². The van der Waals surface area contributed by atoms with Gasteiger partial charge in [0.05, 0.1) is 12.3 Å². The Morgan fingerprint density at radius 3 is 3.05 bits per heavy atom. The maximum absolute atomic E-state index is 13.3. The summed E-state index contributed by atoms with van der Waals surface area (Å²) in [6.07, 6.45) is 2.59. The van der Waals surface area contributed by atoms with Gasteiger partial charge in [0.1, 0.15) is 5.82 Å². The number of piperidine rings is 1. The van der Waals surface area contributed by atoms with Crippen LogP contribution in [0, 0.1) is 11.7 Å². The third-order valence-electron chi connectivity index (χ3n) is 3.27. The molecule has 1 amide bonds. The molecular weight excluding hydrogens is 247 g/mol. The smallest absolute Gasteiger partial charge is 0.411 e. The predicted octanol–water partition coefficient (Wildman–Crippen LogP) is 2.76. The van der Waals surface area contributed by atoms with E-state index < -0.39 is 11.9 Å². The zero-order valence-corrected chi connectivity index (χ0v) is 10.8. The van der Waals surface area contributed by atoms with Crippen LogP contribution < -0.4 is 10.6 Å². The first-order valence-corrected chi connectivity index (χ1v) is 6.65. The molecule has 0 bridgehead atoms. The molecule has 0 aliphatic carbocycles. The van der Waals surface area contributed by atoms with Crippen molar-refractivity contribution in [3.8, 4) is 0 Å². The zero-order chi connectivity index (χ0) is 13.5. The van der Waals surface area contributed by atoms with Gasteiger partial charge in [-0.1, -0.05) is 12.1 Å². The van der Waals surface area contributed by atoms with Crippen LogP contribution in [-0.2, 0) is 4.74 Å². The number of ether oxygens (including phenoxy) is 1. The van der Waals surface area contributed by atoms with E-state index in [0.29, 0.717) is 12.5 Å². The van der Waals surface area contributed by atoms with E-state index in [1.54, 1.807) is 12.1 Å². The van der Waals surface area contributed by atoms with E-state index in [1.165, 1.54) is 25.0 Å². The third kappa shape index (κ3) is 4.52. The number of nitrogens with one attached hydrogen (secondary N) is 2. The fourth-order valence-electron chi connectivity index (χ4n) is 2.20. The van der Waals surface area contributed by atoms with Crippen molar-refractivity contribution in [2.45, 2.75) is 19.3 Å². The van der Waals surface area contributed by atoms with Crippen LogP contribution in [0.2, 0.25) is 0 Å². The van der Waals surface area contributed by atoms with Crippen molar-refractivity contribution in [2.24, 2.45) is 5.92 Å². The minimum absolute atomic E-state index is 0.145. The van der Waals surface area contributed by atoms with Crippen molar-refractivity contribution in [2.75, 3.05) is 25.0 Å². The number of hydrogen-bond donors (Lipinski definition) is 2. The number of rotatable bonds is 4. The molecule has 1 atom stereocenters. The largest absolute Gasteiger partial charge is 0.449 e. The van der Waals surface area contributed by atoms with Crippen molar-refractivity contribution < 1.29 is 13.9 Å². The Hall–Kier alpha value is -1.62. The monoisotopic (exact) mass is 266 g/mol. The molecule has 0 spiro atoms. The highest BCUT2D eigenvalue weighted by atomic mass is 19.1. The molecule has 1 aliphatic rings. The lowest BCUT2D eigenvalue weighted by molar-refractivity contribution is 0.150. The average molecular weight is 266 g/mol. The van der Waals surface area contributed by atoms with Crippen LogP contribution in [0.15, 0.2) is 24.3 Å². The van der Waals surface area contributed by atoms with Gasteiger partial charge in [0, 0.05) is 0 Å². The molecule has 104 valence electrons. The van der Waals surface area contributed by atoms with Gasteiger partial charge in [0.15, 0.2) is 0 Å². The molecule has 0 aromatic heterocycles. The first kappa shape index (κ1) is 13.8. The van der Waals surface area contributed by atoms with Gasteiger partial charge >= 0.3 is 6.09 Å². The minimum Gasteiger partial charge on any atom is -0.449 e. The highest BCUT2D eigenvalue weighted by Crippen LogP contribution is 2.15. The number of hydrogen-bond acceptors (Lipinski definition) is 3. The topological polar surface area (TPSA) is 50.4 Å². The maximum Gasteiger partial charge on any atom is 0.411 e. The molecule has 0 radical (unpaired) electrons. The number of carbonyl (C=O) groups is 1. The van der Waals surface area contributed by atoms with Gasteiger partial charge in [-0.05, 0) is 50.4 Å². The SMILES string of the molecule is O=C(Nc1ccccc1F)OCCC1CCCNC1. The number of carbonyl (C=O) groups excluding carboxylic acids is 1. The summed E-state index contributed by atoms with van der Waals surface area (Å²) in [5.74, 6) is 0.103. The molecule has 2 N–H and O–H groups in total. The predicted molar refractivity (Wildman–Crippen MR) is 71.6 cm³/mol.